The summed E-state index contributed by atoms with van der Waals surface area (Å²) in [6, 6.07) is 11.7. The number of benzene rings is 2. The number of H-pyrrole nitrogens is 1. The van der Waals surface area contributed by atoms with Crippen molar-refractivity contribution < 1.29 is 9.50 Å². The number of rotatable bonds is 3. The second-order valence-corrected chi connectivity index (χ2v) is 8.32. The molecule has 3 N–H and O–H groups in total. The van der Waals surface area contributed by atoms with E-state index in [1.807, 2.05) is 30.3 Å². The van der Waals surface area contributed by atoms with Crippen molar-refractivity contribution in [1.82, 2.24) is 25.1 Å². The van der Waals surface area contributed by atoms with Gasteiger partial charge in [0.2, 0.25) is 0 Å². The van der Waals surface area contributed by atoms with Crippen LogP contribution in [0.15, 0.2) is 54.4 Å². The molecular formula is C25H22FN5O. The van der Waals surface area contributed by atoms with Gasteiger partial charge >= 0.3 is 0 Å². The first-order valence-corrected chi connectivity index (χ1v) is 10.7. The van der Waals surface area contributed by atoms with Gasteiger partial charge < -0.3 is 15.4 Å². The molecule has 1 aliphatic heterocycles. The zero-order valence-corrected chi connectivity index (χ0v) is 17.6. The highest BCUT2D eigenvalue weighted by molar-refractivity contribution is 5.84. The number of aryl methyl sites for hydroxylation is 1. The van der Waals surface area contributed by atoms with Crippen LogP contribution >= 0.6 is 0 Å². The topological polar surface area (TPSA) is 78.8 Å². The molecule has 6 rings (SSSR count). The van der Waals surface area contributed by atoms with Gasteiger partial charge in [0.15, 0.2) is 11.6 Å². The van der Waals surface area contributed by atoms with Gasteiger partial charge in [-0.2, -0.15) is 5.10 Å². The largest absolute Gasteiger partial charge is 0.504 e. The normalized spacial score (nSPS) is 15.7. The smallest absolute Gasteiger partial charge is 0.173 e. The number of imidazole rings is 1. The summed E-state index contributed by atoms with van der Waals surface area (Å²) >= 11 is 0. The molecule has 0 saturated heterocycles. The summed E-state index contributed by atoms with van der Waals surface area (Å²) in [5.41, 5.74) is 7.52. The number of allylic oxidation sites excluding steroid dienone is 4. The molecular weight excluding hydrogens is 405 g/mol. The zero-order chi connectivity index (χ0) is 21.8. The van der Waals surface area contributed by atoms with Gasteiger partial charge in [-0.05, 0) is 47.7 Å². The molecule has 32 heavy (non-hydrogen) atoms. The van der Waals surface area contributed by atoms with E-state index >= 15 is 0 Å². The Morgan fingerprint density at radius 3 is 2.50 bits per heavy atom. The van der Waals surface area contributed by atoms with Crippen LogP contribution < -0.4 is 5.32 Å². The first kappa shape index (κ1) is 19.0. The Balaban J connectivity index is 1.37. The lowest BCUT2D eigenvalue weighted by atomic mass is 9.97. The van der Waals surface area contributed by atoms with E-state index in [0.717, 1.165) is 48.1 Å². The minimum atomic E-state index is -0.182. The summed E-state index contributed by atoms with van der Waals surface area (Å²) in [6.07, 6.45) is 5.12. The Labute approximate surface area is 184 Å². The molecule has 7 heteroatoms. The third-order valence-corrected chi connectivity index (χ3v) is 6.25. The van der Waals surface area contributed by atoms with Crippen LogP contribution in [0.1, 0.15) is 29.5 Å². The molecule has 4 aromatic rings. The molecule has 0 fully saturated rings. The molecule has 2 aliphatic rings. The lowest BCUT2D eigenvalue weighted by molar-refractivity contribution is 0.478. The molecule has 2 aromatic carbocycles. The molecule has 160 valence electrons. The van der Waals surface area contributed by atoms with Gasteiger partial charge in [-0.25, -0.2) is 9.37 Å². The number of nitrogens with one attached hydrogen (secondary N) is 2. The van der Waals surface area contributed by atoms with E-state index < -0.39 is 0 Å². The fourth-order valence-corrected chi connectivity index (χ4v) is 4.60. The van der Waals surface area contributed by atoms with Crippen LogP contribution in [0.3, 0.4) is 0 Å². The summed E-state index contributed by atoms with van der Waals surface area (Å²) in [5.74, 6) is 0.460. The van der Waals surface area contributed by atoms with Crippen molar-refractivity contribution in [2.75, 3.05) is 0 Å². The van der Waals surface area contributed by atoms with Gasteiger partial charge in [0.25, 0.3) is 0 Å². The van der Waals surface area contributed by atoms with E-state index in [1.54, 1.807) is 17.8 Å². The fourth-order valence-electron chi connectivity index (χ4n) is 4.60. The molecule has 0 saturated carbocycles. The lowest BCUT2D eigenvalue weighted by Crippen LogP contribution is -1.99. The standard InChI is InChI=1S/C25H22FN5O/c1-31-23(25-28-20-10-16-12-27-13-17(16)11-21(20)29-25)24(32)22(30-31)15-8-6-14(7-9-15)18-4-2-3-5-19(18)26/h4-11,27,32H,2-3,12-13H2,1H3,(H,28,29). The van der Waals surface area contributed by atoms with Crippen molar-refractivity contribution in [3.05, 3.63) is 71.1 Å². The number of halogens is 1. The number of fused-ring (bicyclic) bond motifs is 2. The predicted octanol–water partition coefficient (Wildman–Crippen LogP) is 4.97. The Kier molecular flexibility index (Phi) is 4.26. The lowest BCUT2D eigenvalue weighted by Gasteiger charge is -2.10. The maximum Gasteiger partial charge on any atom is 0.173 e. The van der Waals surface area contributed by atoms with Gasteiger partial charge in [0.05, 0.1) is 11.0 Å². The number of aromatic hydroxyl groups is 1. The van der Waals surface area contributed by atoms with Crippen molar-refractivity contribution in [1.29, 1.82) is 0 Å². The van der Waals surface area contributed by atoms with Crippen LogP contribution in [0.4, 0.5) is 4.39 Å². The fraction of sp³-hybridized carbons (Fsp3) is 0.200. The van der Waals surface area contributed by atoms with E-state index in [1.165, 1.54) is 11.1 Å². The summed E-state index contributed by atoms with van der Waals surface area (Å²) in [5, 5.41) is 18.9. The molecule has 0 bridgehead atoms. The number of nitrogens with zero attached hydrogens (tertiary/aromatic N) is 3. The predicted molar refractivity (Wildman–Crippen MR) is 122 cm³/mol. The van der Waals surface area contributed by atoms with Crippen LogP contribution in [0, 0.1) is 0 Å². The number of hydrogen-bond acceptors (Lipinski definition) is 4. The molecule has 0 atom stereocenters. The number of aromatic nitrogens is 4. The van der Waals surface area contributed by atoms with E-state index in [4.69, 9.17) is 4.98 Å². The zero-order valence-electron chi connectivity index (χ0n) is 17.6. The molecule has 3 heterocycles. The van der Waals surface area contributed by atoms with Crippen molar-refractivity contribution in [2.24, 2.45) is 7.05 Å². The van der Waals surface area contributed by atoms with Crippen molar-refractivity contribution in [3.63, 3.8) is 0 Å². The molecule has 1 aliphatic carbocycles. The highest BCUT2D eigenvalue weighted by Crippen LogP contribution is 2.38. The first-order valence-electron chi connectivity index (χ1n) is 10.7. The summed E-state index contributed by atoms with van der Waals surface area (Å²) in [6.45, 7) is 1.70. The van der Waals surface area contributed by atoms with Crippen molar-refractivity contribution in [2.45, 2.75) is 25.9 Å². The van der Waals surface area contributed by atoms with Gasteiger partial charge in [0.1, 0.15) is 17.2 Å². The van der Waals surface area contributed by atoms with Crippen LogP contribution in [0.2, 0.25) is 0 Å². The first-order chi connectivity index (χ1) is 15.6. The maximum absolute atomic E-state index is 14.2. The average Bonchev–Trinajstić information content (AvgIpc) is 3.49. The van der Waals surface area contributed by atoms with Crippen molar-refractivity contribution in [3.8, 4) is 28.5 Å². The average molecular weight is 427 g/mol. The highest BCUT2D eigenvalue weighted by Gasteiger charge is 2.22. The maximum atomic E-state index is 14.2. The van der Waals surface area contributed by atoms with Crippen LogP contribution in [0.25, 0.3) is 39.4 Å². The quantitative estimate of drug-likeness (QED) is 0.431. The van der Waals surface area contributed by atoms with Gasteiger partial charge in [-0.15, -0.1) is 0 Å². The SMILES string of the molecule is Cn1nc(-c2ccc(C3=CCCC=C3F)cc2)c(O)c1-c1nc2cc3c(cc2[nH]1)CNC3. The van der Waals surface area contributed by atoms with Gasteiger partial charge in [-0.3, -0.25) is 4.68 Å². The van der Waals surface area contributed by atoms with Gasteiger partial charge in [0, 0.05) is 31.3 Å². The monoisotopic (exact) mass is 427 g/mol. The van der Waals surface area contributed by atoms with E-state index in [-0.39, 0.29) is 11.6 Å². The van der Waals surface area contributed by atoms with Crippen LogP contribution in [-0.4, -0.2) is 24.9 Å². The molecule has 0 spiro atoms. The van der Waals surface area contributed by atoms with Crippen LogP contribution in [-0.2, 0) is 20.1 Å². The molecule has 0 unspecified atom stereocenters. The Bertz CT molecular complexity index is 1380. The van der Waals surface area contributed by atoms with E-state index in [0.29, 0.717) is 22.8 Å². The summed E-state index contributed by atoms with van der Waals surface area (Å²) < 4.78 is 15.8. The van der Waals surface area contributed by atoms with Crippen LogP contribution in [0.5, 0.6) is 5.75 Å². The Morgan fingerprint density at radius 2 is 1.72 bits per heavy atom. The minimum Gasteiger partial charge on any atom is -0.504 e. The number of aromatic amines is 1. The molecule has 6 nitrogen and oxygen atoms in total. The highest BCUT2D eigenvalue weighted by atomic mass is 19.1. The molecule has 2 aromatic heterocycles. The molecule has 0 radical (unpaired) electrons. The number of hydrogen-bond donors (Lipinski definition) is 3. The summed E-state index contributed by atoms with van der Waals surface area (Å²) in [7, 11) is 1.79. The minimum absolute atomic E-state index is 0.0662. The van der Waals surface area contributed by atoms with E-state index in [9.17, 15) is 9.50 Å². The molecule has 0 amide bonds. The third kappa shape index (κ3) is 2.97. The Morgan fingerprint density at radius 1 is 1.00 bits per heavy atom. The summed E-state index contributed by atoms with van der Waals surface area (Å²) in [4.78, 5) is 8.04. The second kappa shape index (κ2) is 7.17. The van der Waals surface area contributed by atoms with Gasteiger partial charge in [-0.1, -0.05) is 30.3 Å². The van der Waals surface area contributed by atoms with Crippen molar-refractivity contribution >= 4 is 16.6 Å². The second-order valence-electron chi connectivity index (χ2n) is 8.32. The third-order valence-electron chi connectivity index (χ3n) is 6.25. The Hall–Kier alpha value is -3.71. The van der Waals surface area contributed by atoms with E-state index in [2.05, 4.69) is 27.5 Å².